The van der Waals surface area contributed by atoms with E-state index >= 15 is 0 Å². The number of alkyl halides is 3. The number of nitrogens with zero attached hydrogens (tertiary/aromatic N) is 3. The van der Waals surface area contributed by atoms with Crippen LogP contribution >= 0.6 is 11.3 Å². The molecule has 28 heavy (non-hydrogen) atoms. The average molecular weight is 407 g/mol. The van der Waals surface area contributed by atoms with E-state index in [-0.39, 0.29) is 17.1 Å². The number of hydrogen-bond acceptors (Lipinski definition) is 5. The molecule has 0 unspecified atom stereocenters. The number of thiophene rings is 1. The molecule has 0 saturated heterocycles. The van der Waals surface area contributed by atoms with Gasteiger partial charge in [0.2, 0.25) is 5.91 Å². The summed E-state index contributed by atoms with van der Waals surface area (Å²) in [7, 11) is 0. The first-order valence-corrected chi connectivity index (χ1v) is 8.72. The maximum absolute atomic E-state index is 12.2. The van der Waals surface area contributed by atoms with E-state index in [2.05, 4.69) is 10.3 Å². The van der Waals surface area contributed by atoms with E-state index < -0.39 is 24.5 Å². The zero-order valence-corrected chi connectivity index (χ0v) is 14.9. The molecule has 2 amide bonds. The summed E-state index contributed by atoms with van der Waals surface area (Å²) in [6, 6.07) is 6.67. The molecule has 3 rings (SSSR count). The molecule has 3 heterocycles. The summed E-state index contributed by atoms with van der Waals surface area (Å²) in [5.41, 5.74) is 1.92. The third-order valence-electron chi connectivity index (χ3n) is 3.56. The van der Waals surface area contributed by atoms with Crippen molar-refractivity contribution in [2.75, 3.05) is 11.9 Å². The molecule has 0 atom stereocenters. The maximum atomic E-state index is 12.2. The summed E-state index contributed by atoms with van der Waals surface area (Å²) in [5, 5.41) is 14.5. The molecule has 0 aliphatic carbocycles. The smallest absolute Gasteiger partial charge is 0.342 e. The van der Waals surface area contributed by atoms with Crippen molar-refractivity contribution in [1.29, 1.82) is 5.26 Å². The molecule has 0 fully saturated rings. The van der Waals surface area contributed by atoms with Gasteiger partial charge in [-0.2, -0.15) is 18.4 Å². The number of carbonyl (C=O) groups is 2. The number of halogens is 3. The van der Waals surface area contributed by atoms with Gasteiger partial charge in [-0.1, -0.05) is 0 Å². The highest BCUT2D eigenvalue weighted by atomic mass is 32.1. The fourth-order valence-electron chi connectivity index (χ4n) is 2.36. The summed E-state index contributed by atoms with van der Waals surface area (Å²) in [4.78, 5) is 27.7. The highest BCUT2D eigenvalue weighted by molar-refractivity contribution is 7.12. The molecule has 11 heteroatoms. The Kier molecular flexibility index (Phi) is 5.32. The minimum absolute atomic E-state index is 0.162. The van der Waals surface area contributed by atoms with E-state index in [4.69, 9.17) is 5.26 Å². The summed E-state index contributed by atoms with van der Waals surface area (Å²) < 4.78 is 38.3. The minimum atomic E-state index is -4.47. The van der Waals surface area contributed by atoms with Crippen molar-refractivity contribution >= 4 is 34.6 Å². The fraction of sp³-hybridized carbons (Fsp3) is 0.176. The average Bonchev–Trinajstić information content (AvgIpc) is 3.25. The topological polar surface area (TPSA) is 99.3 Å². The van der Waals surface area contributed by atoms with Crippen LogP contribution in [0.5, 0.6) is 0 Å². The Morgan fingerprint density at radius 2 is 2.04 bits per heavy atom. The number of carbonyl (C=O) groups excluding carboxylic acids is 2. The first-order chi connectivity index (χ1) is 13.2. The van der Waals surface area contributed by atoms with E-state index in [0.29, 0.717) is 16.8 Å². The van der Waals surface area contributed by atoms with Crippen molar-refractivity contribution in [3.63, 3.8) is 0 Å². The summed E-state index contributed by atoms with van der Waals surface area (Å²) in [5.74, 6) is -0.979. The summed E-state index contributed by atoms with van der Waals surface area (Å²) in [6.07, 6.45) is -1.48. The molecular formula is C17H12F3N5O2S. The Morgan fingerprint density at radius 3 is 2.75 bits per heavy atom. The van der Waals surface area contributed by atoms with Gasteiger partial charge in [0.1, 0.15) is 18.6 Å². The van der Waals surface area contributed by atoms with Gasteiger partial charge in [0, 0.05) is 6.20 Å². The number of nitriles is 1. The van der Waals surface area contributed by atoms with Crippen LogP contribution in [0, 0.1) is 11.3 Å². The number of aromatic nitrogens is 2. The third-order valence-corrected chi connectivity index (χ3v) is 4.49. The molecule has 0 aliphatic heterocycles. The van der Waals surface area contributed by atoms with Crippen molar-refractivity contribution in [3.8, 4) is 17.2 Å². The summed E-state index contributed by atoms with van der Waals surface area (Å²) >= 11 is 1.04. The van der Waals surface area contributed by atoms with Gasteiger partial charge in [-0.25, -0.2) is 4.98 Å². The predicted octanol–water partition coefficient (Wildman–Crippen LogP) is 3.21. The number of amides is 2. The lowest BCUT2D eigenvalue weighted by molar-refractivity contribution is -0.123. The third kappa shape index (κ3) is 4.66. The van der Waals surface area contributed by atoms with Crippen LogP contribution in [0.3, 0.4) is 0 Å². The standard InChI is InChI=1S/C17H12F3N5O2S/c18-17(19,20)9-22-16(27)12-5-11(8-28-12)10-1-2-14-23-13(7-25(14)6-10)24-15(26)3-4-21/h1-2,5-8H,3,9H2,(H,22,27)(H,24,26). The lowest BCUT2D eigenvalue weighted by Gasteiger charge is -2.06. The number of fused-ring (bicyclic) bond motifs is 1. The Labute approximate surface area is 160 Å². The molecule has 0 radical (unpaired) electrons. The van der Waals surface area contributed by atoms with Crippen molar-refractivity contribution in [2.45, 2.75) is 12.6 Å². The van der Waals surface area contributed by atoms with Gasteiger partial charge < -0.3 is 15.0 Å². The van der Waals surface area contributed by atoms with Gasteiger partial charge in [0.25, 0.3) is 5.91 Å². The van der Waals surface area contributed by atoms with E-state index in [9.17, 15) is 22.8 Å². The largest absolute Gasteiger partial charge is 0.405 e. The van der Waals surface area contributed by atoms with Crippen LogP contribution in [0.2, 0.25) is 0 Å². The number of nitrogens with one attached hydrogen (secondary N) is 2. The van der Waals surface area contributed by atoms with Gasteiger partial charge in [-0.05, 0) is 34.7 Å². The van der Waals surface area contributed by atoms with Crippen molar-refractivity contribution in [3.05, 3.63) is 40.8 Å². The van der Waals surface area contributed by atoms with E-state index in [1.54, 1.807) is 40.4 Å². The Bertz CT molecular complexity index is 1080. The normalized spacial score (nSPS) is 11.2. The SMILES string of the molecule is N#CCC(=O)Nc1cn2cc(-c3csc(C(=O)NCC(F)(F)F)c3)ccc2n1. The fourth-order valence-corrected chi connectivity index (χ4v) is 3.19. The predicted molar refractivity (Wildman–Crippen MR) is 95.8 cm³/mol. The second-order valence-corrected chi connectivity index (χ2v) is 6.60. The molecule has 0 spiro atoms. The number of rotatable bonds is 5. The van der Waals surface area contributed by atoms with Gasteiger partial charge in [-0.3, -0.25) is 9.59 Å². The highest BCUT2D eigenvalue weighted by Crippen LogP contribution is 2.27. The lowest BCUT2D eigenvalue weighted by Crippen LogP contribution is -2.33. The molecule has 0 bridgehead atoms. The first kappa shape index (κ1) is 19.4. The van der Waals surface area contributed by atoms with Gasteiger partial charge >= 0.3 is 6.18 Å². The summed E-state index contributed by atoms with van der Waals surface area (Å²) in [6.45, 7) is -1.39. The number of hydrogen-bond donors (Lipinski definition) is 2. The zero-order valence-electron chi connectivity index (χ0n) is 14.1. The van der Waals surface area contributed by atoms with E-state index in [1.807, 2.05) is 5.32 Å². The molecule has 3 aromatic heterocycles. The second-order valence-electron chi connectivity index (χ2n) is 5.69. The van der Waals surface area contributed by atoms with Crippen LogP contribution < -0.4 is 10.6 Å². The number of imidazole rings is 1. The quantitative estimate of drug-likeness (QED) is 0.678. The molecular weight excluding hydrogens is 395 g/mol. The van der Waals surface area contributed by atoms with Gasteiger partial charge in [0.05, 0.1) is 17.1 Å². The molecule has 0 saturated carbocycles. The Morgan fingerprint density at radius 1 is 1.25 bits per heavy atom. The zero-order chi connectivity index (χ0) is 20.3. The Balaban J connectivity index is 1.77. The highest BCUT2D eigenvalue weighted by Gasteiger charge is 2.28. The van der Waals surface area contributed by atoms with Crippen LogP contribution in [0.1, 0.15) is 16.1 Å². The number of pyridine rings is 1. The van der Waals surface area contributed by atoms with Crippen molar-refractivity contribution < 1.29 is 22.8 Å². The lowest BCUT2D eigenvalue weighted by atomic mass is 10.1. The molecule has 3 aromatic rings. The Hall–Kier alpha value is -3.39. The molecule has 0 aromatic carbocycles. The van der Waals surface area contributed by atoms with Crippen molar-refractivity contribution in [1.82, 2.24) is 14.7 Å². The van der Waals surface area contributed by atoms with Crippen LogP contribution in [0.25, 0.3) is 16.8 Å². The second kappa shape index (κ2) is 7.69. The molecule has 2 N–H and O–H groups in total. The van der Waals surface area contributed by atoms with Crippen molar-refractivity contribution in [2.24, 2.45) is 0 Å². The van der Waals surface area contributed by atoms with Crippen LogP contribution in [0.15, 0.2) is 36.0 Å². The van der Waals surface area contributed by atoms with Crippen LogP contribution in [0.4, 0.5) is 19.0 Å². The molecule has 144 valence electrons. The van der Waals surface area contributed by atoms with E-state index in [1.165, 1.54) is 6.07 Å². The van der Waals surface area contributed by atoms with Gasteiger partial charge in [0.15, 0.2) is 5.82 Å². The number of anilines is 1. The van der Waals surface area contributed by atoms with E-state index in [0.717, 1.165) is 11.3 Å². The van der Waals surface area contributed by atoms with Crippen LogP contribution in [-0.2, 0) is 4.79 Å². The van der Waals surface area contributed by atoms with Gasteiger partial charge in [-0.15, -0.1) is 11.3 Å². The molecule has 0 aliphatic rings. The minimum Gasteiger partial charge on any atom is -0.342 e. The molecule has 7 nitrogen and oxygen atoms in total. The van der Waals surface area contributed by atoms with Crippen LogP contribution in [-0.4, -0.2) is 33.9 Å². The maximum Gasteiger partial charge on any atom is 0.405 e. The first-order valence-electron chi connectivity index (χ1n) is 7.84. The monoisotopic (exact) mass is 407 g/mol.